The molecule has 6 heteroatoms. The Morgan fingerprint density at radius 2 is 2.00 bits per heavy atom. The van der Waals surface area contributed by atoms with Gasteiger partial charge in [-0.1, -0.05) is 23.4 Å². The van der Waals surface area contributed by atoms with Gasteiger partial charge in [0.1, 0.15) is 5.75 Å². The van der Waals surface area contributed by atoms with Crippen LogP contribution in [-0.2, 0) is 13.1 Å². The molecule has 118 valence electrons. The molecule has 1 aromatic heterocycles. The molecule has 1 fully saturated rings. The third kappa shape index (κ3) is 3.64. The van der Waals surface area contributed by atoms with Crippen molar-refractivity contribution in [3.63, 3.8) is 0 Å². The second kappa shape index (κ2) is 6.89. The summed E-state index contributed by atoms with van der Waals surface area (Å²) in [6.45, 7) is 3.27. The quantitative estimate of drug-likeness (QED) is 0.902. The maximum absolute atomic E-state index is 9.54. The Kier molecular flexibility index (Phi) is 4.70. The lowest BCUT2D eigenvalue weighted by atomic mass is 10.1. The van der Waals surface area contributed by atoms with E-state index in [4.69, 9.17) is 4.74 Å². The minimum atomic E-state index is -0.141. The summed E-state index contributed by atoms with van der Waals surface area (Å²) in [7, 11) is 1.68. The predicted octanol–water partition coefficient (Wildman–Crippen LogP) is 1.29. The van der Waals surface area contributed by atoms with E-state index in [2.05, 4.69) is 15.2 Å². The van der Waals surface area contributed by atoms with E-state index < -0.39 is 0 Å². The van der Waals surface area contributed by atoms with Crippen LogP contribution in [0.25, 0.3) is 0 Å². The summed E-state index contributed by atoms with van der Waals surface area (Å²) < 4.78 is 7.20. The number of para-hydroxylation sites is 1. The Morgan fingerprint density at radius 1 is 1.23 bits per heavy atom. The van der Waals surface area contributed by atoms with E-state index in [1.165, 1.54) is 0 Å². The van der Waals surface area contributed by atoms with Crippen LogP contribution in [0.2, 0.25) is 0 Å². The second-order valence-corrected chi connectivity index (χ2v) is 5.73. The Labute approximate surface area is 130 Å². The van der Waals surface area contributed by atoms with Gasteiger partial charge in [-0.15, -0.1) is 5.10 Å². The molecule has 1 aliphatic rings. The number of hydrogen-bond acceptors (Lipinski definition) is 5. The molecule has 0 saturated carbocycles. The number of benzene rings is 1. The van der Waals surface area contributed by atoms with Crippen molar-refractivity contribution in [1.82, 2.24) is 19.9 Å². The topological polar surface area (TPSA) is 63.4 Å². The fourth-order valence-electron chi connectivity index (χ4n) is 2.80. The highest BCUT2D eigenvalue weighted by Gasteiger charge is 2.18. The smallest absolute Gasteiger partial charge is 0.123 e. The molecule has 0 unspecified atom stereocenters. The summed E-state index contributed by atoms with van der Waals surface area (Å²) in [5, 5.41) is 18.0. The van der Waals surface area contributed by atoms with Crippen LogP contribution in [-0.4, -0.2) is 51.3 Å². The van der Waals surface area contributed by atoms with Crippen LogP contribution in [0.3, 0.4) is 0 Å². The van der Waals surface area contributed by atoms with E-state index in [-0.39, 0.29) is 6.10 Å². The third-order valence-corrected chi connectivity index (χ3v) is 4.05. The van der Waals surface area contributed by atoms with Crippen LogP contribution >= 0.6 is 0 Å². The zero-order valence-corrected chi connectivity index (χ0v) is 12.9. The van der Waals surface area contributed by atoms with E-state index in [0.29, 0.717) is 6.54 Å². The van der Waals surface area contributed by atoms with Crippen LogP contribution in [0.15, 0.2) is 30.5 Å². The van der Waals surface area contributed by atoms with Gasteiger partial charge in [0.2, 0.25) is 0 Å². The minimum Gasteiger partial charge on any atom is -0.496 e. The number of piperidine rings is 1. The monoisotopic (exact) mass is 302 g/mol. The first-order chi connectivity index (χ1) is 10.7. The van der Waals surface area contributed by atoms with Crippen LogP contribution in [0.1, 0.15) is 24.1 Å². The molecule has 1 aromatic carbocycles. The Bertz CT molecular complexity index is 606. The van der Waals surface area contributed by atoms with Gasteiger partial charge in [-0.2, -0.15) is 0 Å². The van der Waals surface area contributed by atoms with Crippen LogP contribution < -0.4 is 4.74 Å². The van der Waals surface area contributed by atoms with Crippen LogP contribution in [0.4, 0.5) is 0 Å². The molecule has 0 spiro atoms. The van der Waals surface area contributed by atoms with Gasteiger partial charge < -0.3 is 9.84 Å². The number of rotatable bonds is 5. The van der Waals surface area contributed by atoms with E-state index in [9.17, 15) is 5.11 Å². The summed E-state index contributed by atoms with van der Waals surface area (Å²) in [6, 6.07) is 7.94. The lowest BCUT2D eigenvalue weighted by Gasteiger charge is -2.28. The average molecular weight is 302 g/mol. The number of methoxy groups -OCH3 is 1. The number of nitrogens with zero attached hydrogens (tertiary/aromatic N) is 4. The molecule has 1 saturated heterocycles. The number of aromatic nitrogens is 3. The molecular weight excluding hydrogens is 280 g/mol. The van der Waals surface area contributed by atoms with Crippen molar-refractivity contribution in [2.24, 2.45) is 0 Å². The maximum Gasteiger partial charge on any atom is 0.123 e. The standard InChI is InChI=1S/C16H22N4O2/c1-22-16-5-3-2-4-13(16)10-20-12-14(17-18-20)11-19-8-6-15(21)7-9-19/h2-5,12,15,21H,6-11H2,1H3. The SMILES string of the molecule is COc1ccccc1Cn1cc(CN2CCC(O)CC2)nn1. The Balaban J connectivity index is 1.61. The van der Waals surface area contributed by atoms with Gasteiger partial charge in [-0.05, 0) is 18.9 Å². The summed E-state index contributed by atoms with van der Waals surface area (Å²) in [5.74, 6) is 0.865. The van der Waals surface area contributed by atoms with E-state index in [1.54, 1.807) is 7.11 Å². The number of ether oxygens (including phenoxy) is 1. The van der Waals surface area contributed by atoms with Crippen molar-refractivity contribution in [2.75, 3.05) is 20.2 Å². The first-order valence-electron chi connectivity index (χ1n) is 7.66. The van der Waals surface area contributed by atoms with Crippen molar-refractivity contribution in [1.29, 1.82) is 0 Å². The molecule has 6 nitrogen and oxygen atoms in total. The van der Waals surface area contributed by atoms with Crippen molar-refractivity contribution in [2.45, 2.75) is 32.0 Å². The van der Waals surface area contributed by atoms with Crippen molar-refractivity contribution in [3.8, 4) is 5.75 Å². The summed E-state index contributed by atoms with van der Waals surface area (Å²) in [4.78, 5) is 2.31. The zero-order valence-electron chi connectivity index (χ0n) is 12.9. The number of aliphatic hydroxyl groups is 1. The summed E-state index contributed by atoms with van der Waals surface area (Å²) >= 11 is 0. The fraction of sp³-hybridized carbons (Fsp3) is 0.500. The molecule has 1 N–H and O–H groups in total. The highest BCUT2D eigenvalue weighted by molar-refractivity contribution is 5.33. The molecule has 0 amide bonds. The van der Waals surface area contributed by atoms with Gasteiger partial charge in [-0.25, -0.2) is 4.68 Å². The molecule has 0 radical (unpaired) electrons. The first kappa shape index (κ1) is 15.0. The van der Waals surface area contributed by atoms with Gasteiger partial charge in [-0.3, -0.25) is 4.90 Å². The molecule has 3 rings (SSSR count). The van der Waals surface area contributed by atoms with Gasteiger partial charge in [0.15, 0.2) is 0 Å². The molecule has 0 bridgehead atoms. The summed E-state index contributed by atoms with van der Waals surface area (Å²) in [5.41, 5.74) is 2.05. The molecule has 1 aliphatic heterocycles. The average Bonchev–Trinajstić information content (AvgIpc) is 2.97. The normalized spacial score (nSPS) is 16.8. The van der Waals surface area contributed by atoms with Gasteiger partial charge in [0.05, 0.1) is 31.6 Å². The van der Waals surface area contributed by atoms with E-state index in [0.717, 1.165) is 49.5 Å². The van der Waals surface area contributed by atoms with Gasteiger partial charge in [0.25, 0.3) is 0 Å². The maximum atomic E-state index is 9.54. The minimum absolute atomic E-state index is 0.141. The Morgan fingerprint density at radius 3 is 2.77 bits per heavy atom. The van der Waals surface area contributed by atoms with E-state index >= 15 is 0 Å². The van der Waals surface area contributed by atoms with Crippen LogP contribution in [0, 0.1) is 0 Å². The lowest BCUT2D eigenvalue weighted by molar-refractivity contribution is 0.0786. The predicted molar refractivity (Wildman–Crippen MR) is 82.6 cm³/mol. The summed E-state index contributed by atoms with van der Waals surface area (Å²) in [6.07, 6.45) is 3.53. The highest BCUT2D eigenvalue weighted by Crippen LogP contribution is 2.18. The molecule has 2 heterocycles. The van der Waals surface area contributed by atoms with Crippen LogP contribution in [0.5, 0.6) is 5.75 Å². The van der Waals surface area contributed by atoms with Gasteiger partial charge in [0, 0.05) is 25.2 Å². The van der Waals surface area contributed by atoms with Gasteiger partial charge >= 0.3 is 0 Å². The second-order valence-electron chi connectivity index (χ2n) is 5.73. The van der Waals surface area contributed by atoms with Crippen molar-refractivity contribution < 1.29 is 9.84 Å². The van der Waals surface area contributed by atoms with E-state index in [1.807, 2.05) is 35.1 Å². The number of aliphatic hydroxyl groups excluding tert-OH is 1. The molecule has 0 aliphatic carbocycles. The lowest BCUT2D eigenvalue weighted by Crippen LogP contribution is -2.35. The van der Waals surface area contributed by atoms with Crippen molar-refractivity contribution in [3.05, 3.63) is 41.7 Å². The molecule has 22 heavy (non-hydrogen) atoms. The first-order valence-corrected chi connectivity index (χ1v) is 7.66. The highest BCUT2D eigenvalue weighted by atomic mass is 16.5. The zero-order chi connectivity index (χ0) is 15.4. The number of hydrogen-bond donors (Lipinski definition) is 1. The molecule has 2 aromatic rings. The van der Waals surface area contributed by atoms with Crippen molar-refractivity contribution >= 4 is 0 Å². The third-order valence-electron chi connectivity index (χ3n) is 4.05. The fourth-order valence-corrected chi connectivity index (χ4v) is 2.80. The molecule has 0 atom stereocenters. The largest absolute Gasteiger partial charge is 0.496 e. The Hall–Kier alpha value is -1.92. The number of likely N-dealkylation sites (tertiary alicyclic amines) is 1. The molecular formula is C16H22N4O2.